The van der Waals surface area contributed by atoms with Gasteiger partial charge < -0.3 is 9.64 Å². The van der Waals surface area contributed by atoms with Crippen molar-refractivity contribution in [3.63, 3.8) is 0 Å². The first-order valence-corrected chi connectivity index (χ1v) is 6.68. The SMILES string of the molecule is COC(=O)c1ccncc1N1CC(CBr)CC1=O. The fourth-order valence-corrected chi connectivity index (χ4v) is 2.44. The second kappa shape index (κ2) is 5.48. The molecule has 1 fully saturated rings. The second-order valence-corrected chi connectivity index (χ2v) is 4.76. The Morgan fingerprint density at radius 2 is 2.44 bits per heavy atom. The standard InChI is InChI=1S/C12H13BrN2O3/c1-18-12(17)9-2-3-14-6-10(9)15-7-8(5-13)4-11(15)16/h2-3,6,8H,4-5,7H2,1H3. The first-order valence-electron chi connectivity index (χ1n) is 5.56. The number of anilines is 1. The number of hydrogen-bond donors (Lipinski definition) is 0. The van der Waals surface area contributed by atoms with Crippen molar-refractivity contribution in [1.29, 1.82) is 0 Å². The monoisotopic (exact) mass is 312 g/mol. The Morgan fingerprint density at radius 1 is 1.67 bits per heavy atom. The minimum atomic E-state index is -0.456. The van der Waals surface area contributed by atoms with Gasteiger partial charge in [0.25, 0.3) is 0 Å². The van der Waals surface area contributed by atoms with Crippen LogP contribution in [0, 0.1) is 5.92 Å². The van der Waals surface area contributed by atoms with Crippen molar-refractivity contribution in [3.8, 4) is 0 Å². The molecule has 1 atom stereocenters. The van der Waals surface area contributed by atoms with Gasteiger partial charge in [-0.2, -0.15) is 0 Å². The van der Waals surface area contributed by atoms with Crippen LogP contribution in [-0.4, -0.2) is 35.8 Å². The average molecular weight is 313 g/mol. The lowest BCUT2D eigenvalue weighted by Crippen LogP contribution is -2.27. The lowest BCUT2D eigenvalue weighted by atomic mass is 10.1. The molecule has 0 aromatic carbocycles. The van der Waals surface area contributed by atoms with Gasteiger partial charge in [0.1, 0.15) is 0 Å². The van der Waals surface area contributed by atoms with E-state index in [1.807, 2.05) is 0 Å². The Morgan fingerprint density at radius 3 is 3.06 bits per heavy atom. The molecular formula is C12H13BrN2O3. The van der Waals surface area contributed by atoms with Crippen molar-refractivity contribution < 1.29 is 14.3 Å². The Hall–Kier alpha value is -1.43. The summed E-state index contributed by atoms with van der Waals surface area (Å²) in [6, 6.07) is 1.57. The van der Waals surface area contributed by atoms with E-state index in [0.717, 1.165) is 5.33 Å². The number of hydrogen-bond acceptors (Lipinski definition) is 4. The van der Waals surface area contributed by atoms with Crippen LogP contribution >= 0.6 is 15.9 Å². The van der Waals surface area contributed by atoms with Crippen LogP contribution in [0.2, 0.25) is 0 Å². The maximum absolute atomic E-state index is 11.9. The van der Waals surface area contributed by atoms with Crippen LogP contribution in [0.3, 0.4) is 0 Å². The molecule has 2 heterocycles. The first-order chi connectivity index (χ1) is 8.67. The van der Waals surface area contributed by atoms with Crippen molar-refractivity contribution in [1.82, 2.24) is 4.98 Å². The molecule has 1 unspecified atom stereocenters. The maximum atomic E-state index is 11.9. The zero-order chi connectivity index (χ0) is 13.1. The molecule has 0 N–H and O–H groups in total. The quantitative estimate of drug-likeness (QED) is 0.628. The van der Waals surface area contributed by atoms with Crippen LogP contribution in [-0.2, 0) is 9.53 Å². The smallest absolute Gasteiger partial charge is 0.340 e. The molecule has 0 saturated carbocycles. The van der Waals surface area contributed by atoms with Gasteiger partial charge in [0, 0.05) is 24.5 Å². The van der Waals surface area contributed by atoms with Crippen LogP contribution in [0.5, 0.6) is 0 Å². The largest absolute Gasteiger partial charge is 0.465 e. The molecule has 1 aliphatic heterocycles. The fourth-order valence-electron chi connectivity index (χ4n) is 2.00. The molecule has 6 heteroatoms. The second-order valence-electron chi connectivity index (χ2n) is 4.11. The summed E-state index contributed by atoms with van der Waals surface area (Å²) in [5, 5.41) is 0.767. The van der Waals surface area contributed by atoms with E-state index in [1.165, 1.54) is 19.5 Å². The van der Waals surface area contributed by atoms with Crippen molar-refractivity contribution in [2.45, 2.75) is 6.42 Å². The zero-order valence-corrected chi connectivity index (χ0v) is 11.5. The Labute approximate surface area is 113 Å². The van der Waals surface area contributed by atoms with Crippen molar-refractivity contribution in [2.24, 2.45) is 5.92 Å². The summed E-state index contributed by atoms with van der Waals surface area (Å²) in [7, 11) is 1.32. The molecule has 1 amide bonds. The molecule has 0 bridgehead atoms. The summed E-state index contributed by atoms with van der Waals surface area (Å²) in [6.45, 7) is 0.597. The van der Waals surface area contributed by atoms with Gasteiger partial charge in [-0.3, -0.25) is 9.78 Å². The van der Waals surface area contributed by atoms with E-state index in [0.29, 0.717) is 24.2 Å². The number of esters is 1. The number of nitrogens with zero attached hydrogens (tertiary/aromatic N) is 2. The highest BCUT2D eigenvalue weighted by Crippen LogP contribution is 2.28. The minimum absolute atomic E-state index is 0.0117. The van der Waals surface area contributed by atoms with Crippen LogP contribution in [0.25, 0.3) is 0 Å². The highest BCUT2D eigenvalue weighted by atomic mass is 79.9. The summed E-state index contributed by atoms with van der Waals surface area (Å²) in [4.78, 5) is 29.2. The highest BCUT2D eigenvalue weighted by Gasteiger charge is 2.32. The summed E-state index contributed by atoms with van der Waals surface area (Å²) < 4.78 is 4.71. The number of carbonyl (C=O) groups excluding carboxylic acids is 2. The van der Waals surface area contributed by atoms with Crippen LogP contribution in [0.4, 0.5) is 5.69 Å². The van der Waals surface area contributed by atoms with Gasteiger partial charge in [0.15, 0.2) is 0 Å². The van der Waals surface area contributed by atoms with E-state index in [9.17, 15) is 9.59 Å². The summed E-state index contributed by atoms with van der Waals surface area (Å²) in [6.07, 6.45) is 3.53. The average Bonchev–Trinajstić information content (AvgIpc) is 2.79. The van der Waals surface area contributed by atoms with E-state index in [2.05, 4.69) is 20.9 Å². The number of pyridine rings is 1. The van der Waals surface area contributed by atoms with Gasteiger partial charge in [-0.25, -0.2) is 4.79 Å². The van der Waals surface area contributed by atoms with Crippen LogP contribution in [0.1, 0.15) is 16.8 Å². The van der Waals surface area contributed by atoms with Gasteiger partial charge in [0.2, 0.25) is 5.91 Å². The maximum Gasteiger partial charge on any atom is 0.340 e. The van der Waals surface area contributed by atoms with Gasteiger partial charge in [-0.05, 0) is 12.0 Å². The molecule has 1 aromatic heterocycles. The molecule has 96 valence electrons. The molecule has 2 rings (SSSR count). The van der Waals surface area contributed by atoms with Gasteiger partial charge in [-0.1, -0.05) is 15.9 Å². The third-order valence-corrected chi connectivity index (χ3v) is 3.84. The topological polar surface area (TPSA) is 59.5 Å². The number of alkyl halides is 1. The molecule has 1 aromatic rings. The third kappa shape index (κ3) is 2.38. The molecule has 0 aliphatic carbocycles. The number of carbonyl (C=O) groups is 2. The third-order valence-electron chi connectivity index (χ3n) is 2.92. The van der Waals surface area contributed by atoms with Crippen LogP contribution < -0.4 is 4.90 Å². The molecule has 18 heavy (non-hydrogen) atoms. The van der Waals surface area contributed by atoms with Crippen LogP contribution in [0.15, 0.2) is 18.5 Å². The van der Waals surface area contributed by atoms with Crippen molar-refractivity contribution >= 4 is 33.5 Å². The van der Waals surface area contributed by atoms with Gasteiger partial charge in [0.05, 0.1) is 24.6 Å². The van der Waals surface area contributed by atoms with E-state index >= 15 is 0 Å². The minimum Gasteiger partial charge on any atom is -0.465 e. The van der Waals surface area contributed by atoms with E-state index in [4.69, 9.17) is 4.74 Å². The molecule has 1 aliphatic rings. The molecule has 0 spiro atoms. The van der Waals surface area contributed by atoms with E-state index < -0.39 is 5.97 Å². The molecular weight excluding hydrogens is 300 g/mol. The number of halogens is 1. The summed E-state index contributed by atoms with van der Waals surface area (Å²) in [5.41, 5.74) is 0.897. The zero-order valence-electron chi connectivity index (χ0n) is 9.93. The predicted molar refractivity (Wildman–Crippen MR) is 69.8 cm³/mol. The number of aromatic nitrogens is 1. The number of ether oxygens (including phenoxy) is 1. The molecule has 1 saturated heterocycles. The van der Waals surface area contributed by atoms with E-state index in [1.54, 1.807) is 11.0 Å². The number of rotatable bonds is 3. The number of amides is 1. The predicted octanol–water partition coefficient (Wildman–Crippen LogP) is 1.62. The summed E-state index contributed by atoms with van der Waals surface area (Å²) in [5.74, 6) is -0.178. The summed E-state index contributed by atoms with van der Waals surface area (Å²) >= 11 is 3.38. The van der Waals surface area contributed by atoms with Crippen molar-refractivity contribution in [3.05, 3.63) is 24.0 Å². The Balaban J connectivity index is 2.34. The Kier molecular flexibility index (Phi) is 3.96. The van der Waals surface area contributed by atoms with Crippen molar-refractivity contribution in [2.75, 3.05) is 23.9 Å². The number of methoxy groups -OCH3 is 1. The van der Waals surface area contributed by atoms with Gasteiger partial charge in [-0.15, -0.1) is 0 Å². The Bertz CT molecular complexity index is 478. The normalized spacial score (nSPS) is 19.1. The molecule has 5 nitrogen and oxygen atoms in total. The lowest BCUT2D eigenvalue weighted by molar-refractivity contribution is -0.117. The first kappa shape index (κ1) is 13.0. The lowest BCUT2D eigenvalue weighted by Gasteiger charge is -2.18. The highest BCUT2D eigenvalue weighted by molar-refractivity contribution is 9.09. The molecule has 0 radical (unpaired) electrons. The fraction of sp³-hybridized carbons (Fsp3) is 0.417. The van der Waals surface area contributed by atoms with E-state index in [-0.39, 0.29) is 11.8 Å². The van der Waals surface area contributed by atoms with Gasteiger partial charge >= 0.3 is 5.97 Å².